The Kier molecular flexibility index (Phi) is 5.56. The second-order valence-electron chi connectivity index (χ2n) is 7.99. The summed E-state index contributed by atoms with van der Waals surface area (Å²) >= 11 is 0. The normalized spacial score (nSPS) is 13.1. The lowest BCUT2D eigenvalue weighted by atomic mass is 9.95. The van der Waals surface area contributed by atoms with Crippen LogP contribution >= 0.6 is 0 Å². The average Bonchev–Trinajstić information content (AvgIpc) is 2.92. The molecule has 0 aliphatic carbocycles. The SMILES string of the molecule is CC(C)(C)C(=O)Nc1cccc(NC(=O)CN2C(=O)c3cccc([N+](=O)[O-])c3C2=O)c1. The van der Waals surface area contributed by atoms with Crippen LogP contribution in [0.1, 0.15) is 41.5 Å². The van der Waals surface area contributed by atoms with Gasteiger partial charge in [-0.05, 0) is 24.3 Å². The van der Waals surface area contributed by atoms with Crippen LogP contribution in [0.15, 0.2) is 42.5 Å². The summed E-state index contributed by atoms with van der Waals surface area (Å²) in [6.45, 7) is 4.68. The Bertz CT molecular complexity index is 1120. The molecule has 0 aromatic heterocycles. The Hall–Kier alpha value is -4.08. The molecule has 2 N–H and O–H groups in total. The van der Waals surface area contributed by atoms with Crippen molar-refractivity contribution in [3.63, 3.8) is 0 Å². The molecule has 2 aromatic rings. The van der Waals surface area contributed by atoms with E-state index in [-0.39, 0.29) is 17.0 Å². The molecule has 0 saturated carbocycles. The fraction of sp³-hybridized carbons (Fsp3) is 0.238. The predicted molar refractivity (Wildman–Crippen MR) is 112 cm³/mol. The summed E-state index contributed by atoms with van der Waals surface area (Å²) in [5, 5.41) is 16.5. The highest BCUT2D eigenvalue weighted by atomic mass is 16.6. The molecule has 31 heavy (non-hydrogen) atoms. The summed E-state index contributed by atoms with van der Waals surface area (Å²) < 4.78 is 0. The minimum absolute atomic E-state index is 0.112. The van der Waals surface area contributed by atoms with E-state index in [1.807, 2.05) is 0 Å². The van der Waals surface area contributed by atoms with Gasteiger partial charge in [-0.25, -0.2) is 0 Å². The fourth-order valence-electron chi connectivity index (χ4n) is 2.95. The van der Waals surface area contributed by atoms with Gasteiger partial charge >= 0.3 is 0 Å². The molecule has 160 valence electrons. The average molecular weight is 424 g/mol. The van der Waals surface area contributed by atoms with Crippen LogP contribution in [-0.2, 0) is 9.59 Å². The van der Waals surface area contributed by atoms with Crippen LogP contribution in [0.4, 0.5) is 17.1 Å². The molecule has 0 fully saturated rings. The first kappa shape index (κ1) is 21.6. The van der Waals surface area contributed by atoms with Crippen molar-refractivity contribution in [2.24, 2.45) is 5.41 Å². The first-order chi connectivity index (χ1) is 14.5. The van der Waals surface area contributed by atoms with Crippen molar-refractivity contribution in [1.82, 2.24) is 4.90 Å². The highest BCUT2D eigenvalue weighted by Crippen LogP contribution is 2.30. The maximum absolute atomic E-state index is 12.6. The molecule has 0 radical (unpaired) electrons. The zero-order valence-electron chi connectivity index (χ0n) is 17.1. The van der Waals surface area contributed by atoms with E-state index < -0.39 is 40.3 Å². The number of fused-ring (bicyclic) bond motifs is 1. The molecular formula is C21H20N4O6. The Morgan fingerprint density at radius 1 is 1.00 bits per heavy atom. The van der Waals surface area contributed by atoms with E-state index in [1.165, 1.54) is 18.2 Å². The van der Waals surface area contributed by atoms with Crippen molar-refractivity contribution in [3.8, 4) is 0 Å². The Labute approximate surface area is 177 Å². The van der Waals surface area contributed by atoms with Crippen LogP contribution in [0.3, 0.4) is 0 Å². The molecule has 0 bridgehead atoms. The Morgan fingerprint density at radius 3 is 2.23 bits per heavy atom. The largest absolute Gasteiger partial charge is 0.326 e. The second-order valence-corrected chi connectivity index (χ2v) is 7.99. The first-order valence-corrected chi connectivity index (χ1v) is 9.34. The monoisotopic (exact) mass is 424 g/mol. The van der Waals surface area contributed by atoms with Crippen molar-refractivity contribution < 1.29 is 24.1 Å². The lowest BCUT2D eigenvalue weighted by Crippen LogP contribution is -2.37. The number of nitro benzene ring substituents is 1. The summed E-state index contributed by atoms with van der Waals surface area (Å²) in [6.07, 6.45) is 0. The fourth-order valence-corrected chi connectivity index (χ4v) is 2.95. The van der Waals surface area contributed by atoms with E-state index in [9.17, 15) is 29.3 Å². The third-order valence-corrected chi connectivity index (χ3v) is 4.56. The minimum atomic E-state index is -0.895. The van der Waals surface area contributed by atoms with Crippen molar-refractivity contribution in [2.45, 2.75) is 20.8 Å². The number of hydrogen-bond donors (Lipinski definition) is 2. The summed E-state index contributed by atoms with van der Waals surface area (Å²) in [5.74, 6) is -2.54. The molecule has 1 heterocycles. The third kappa shape index (κ3) is 4.42. The molecule has 0 atom stereocenters. The number of nitro groups is 1. The molecule has 10 nitrogen and oxygen atoms in total. The van der Waals surface area contributed by atoms with Gasteiger partial charge < -0.3 is 10.6 Å². The van der Waals surface area contributed by atoms with Gasteiger partial charge in [0.05, 0.1) is 10.5 Å². The maximum Gasteiger partial charge on any atom is 0.282 e. The zero-order chi connectivity index (χ0) is 22.9. The van der Waals surface area contributed by atoms with Crippen LogP contribution in [0.5, 0.6) is 0 Å². The van der Waals surface area contributed by atoms with Crippen LogP contribution in [0.2, 0.25) is 0 Å². The van der Waals surface area contributed by atoms with Crippen molar-refractivity contribution in [2.75, 3.05) is 17.2 Å². The number of imide groups is 1. The summed E-state index contributed by atoms with van der Waals surface area (Å²) in [4.78, 5) is 60.7. The van der Waals surface area contributed by atoms with Gasteiger partial charge in [-0.2, -0.15) is 0 Å². The summed E-state index contributed by atoms with van der Waals surface area (Å²) in [5.41, 5.74) is -0.710. The quantitative estimate of drug-likeness (QED) is 0.430. The number of amides is 4. The number of carbonyl (C=O) groups excluding carboxylic acids is 4. The molecular weight excluding hydrogens is 404 g/mol. The number of nitrogens with one attached hydrogen (secondary N) is 2. The van der Waals surface area contributed by atoms with Gasteiger partial charge in [-0.15, -0.1) is 0 Å². The smallest absolute Gasteiger partial charge is 0.282 e. The first-order valence-electron chi connectivity index (χ1n) is 9.34. The van der Waals surface area contributed by atoms with Crippen LogP contribution < -0.4 is 10.6 Å². The summed E-state index contributed by atoms with van der Waals surface area (Å²) in [7, 11) is 0. The number of benzene rings is 2. The lowest BCUT2D eigenvalue weighted by Gasteiger charge is -2.18. The molecule has 0 saturated heterocycles. The van der Waals surface area contributed by atoms with Gasteiger partial charge in [0, 0.05) is 22.9 Å². The van der Waals surface area contributed by atoms with E-state index in [4.69, 9.17) is 0 Å². The summed E-state index contributed by atoms with van der Waals surface area (Å²) in [6, 6.07) is 10.1. The second kappa shape index (κ2) is 7.98. The van der Waals surface area contributed by atoms with E-state index >= 15 is 0 Å². The van der Waals surface area contributed by atoms with Crippen molar-refractivity contribution in [1.29, 1.82) is 0 Å². The molecule has 2 aromatic carbocycles. The number of carbonyl (C=O) groups is 4. The van der Waals surface area contributed by atoms with Crippen LogP contribution in [-0.4, -0.2) is 40.0 Å². The third-order valence-electron chi connectivity index (χ3n) is 4.56. The van der Waals surface area contributed by atoms with Gasteiger partial charge in [-0.1, -0.05) is 32.9 Å². The topological polar surface area (TPSA) is 139 Å². The lowest BCUT2D eigenvalue weighted by molar-refractivity contribution is -0.385. The van der Waals surface area contributed by atoms with Gasteiger partial charge in [0.1, 0.15) is 12.1 Å². The maximum atomic E-state index is 12.6. The highest BCUT2D eigenvalue weighted by Gasteiger charge is 2.41. The number of rotatable bonds is 5. The molecule has 10 heteroatoms. The number of anilines is 2. The van der Waals surface area contributed by atoms with E-state index in [0.29, 0.717) is 16.3 Å². The molecule has 1 aliphatic rings. The van der Waals surface area contributed by atoms with Crippen LogP contribution in [0, 0.1) is 15.5 Å². The van der Waals surface area contributed by atoms with Crippen molar-refractivity contribution in [3.05, 3.63) is 63.7 Å². The Balaban J connectivity index is 1.72. The minimum Gasteiger partial charge on any atom is -0.326 e. The van der Waals surface area contributed by atoms with E-state index in [0.717, 1.165) is 6.07 Å². The molecule has 0 spiro atoms. The Morgan fingerprint density at radius 2 is 1.61 bits per heavy atom. The zero-order valence-corrected chi connectivity index (χ0v) is 17.1. The molecule has 3 rings (SSSR count). The van der Waals surface area contributed by atoms with Gasteiger partial charge in [0.15, 0.2) is 0 Å². The predicted octanol–water partition coefficient (Wildman–Crippen LogP) is 2.81. The number of nitrogens with zero attached hydrogens (tertiary/aromatic N) is 2. The van der Waals surface area contributed by atoms with E-state index in [1.54, 1.807) is 39.0 Å². The number of hydrogen-bond acceptors (Lipinski definition) is 6. The van der Waals surface area contributed by atoms with Crippen LogP contribution in [0.25, 0.3) is 0 Å². The van der Waals surface area contributed by atoms with E-state index in [2.05, 4.69) is 10.6 Å². The van der Waals surface area contributed by atoms with Crippen molar-refractivity contribution >= 4 is 40.7 Å². The van der Waals surface area contributed by atoms with Gasteiger partial charge in [0.25, 0.3) is 17.5 Å². The van der Waals surface area contributed by atoms with Gasteiger partial charge in [0.2, 0.25) is 11.8 Å². The molecule has 4 amide bonds. The standard InChI is InChI=1S/C21H20N4O6/c1-21(2,3)20(29)23-13-7-4-6-12(10-13)22-16(26)11-24-18(27)14-8-5-9-15(25(30)31)17(14)19(24)28/h4-10H,11H2,1-3H3,(H,22,26)(H,23,29). The molecule has 0 unspecified atom stereocenters. The highest BCUT2D eigenvalue weighted by molar-refractivity contribution is 6.24. The van der Waals surface area contributed by atoms with Gasteiger partial charge in [-0.3, -0.25) is 34.2 Å². The molecule has 1 aliphatic heterocycles.